The number of hydrogen-bond donors (Lipinski definition) is 1. The lowest BCUT2D eigenvalue weighted by Crippen LogP contribution is -2.51. The van der Waals surface area contributed by atoms with E-state index in [9.17, 15) is 9.59 Å². The van der Waals surface area contributed by atoms with E-state index in [0.29, 0.717) is 37.1 Å². The molecule has 0 radical (unpaired) electrons. The summed E-state index contributed by atoms with van der Waals surface area (Å²) in [4.78, 5) is 34.6. The van der Waals surface area contributed by atoms with Gasteiger partial charge >= 0.3 is 0 Å². The zero-order valence-electron chi connectivity index (χ0n) is 16.8. The molecule has 9 nitrogen and oxygen atoms in total. The van der Waals surface area contributed by atoms with E-state index in [1.54, 1.807) is 13.0 Å². The van der Waals surface area contributed by atoms with Gasteiger partial charge in [-0.1, -0.05) is 5.16 Å². The van der Waals surface area contributed by atoms with Crippen LogP contribution >= 0.6 is 11.3 Å². The van der Waals surface area contributed by atoms with E-state index in [1.165, 1.54) is 11.3 Å². The number of nitrogens with one attached hydrogen (secondary N) is 1. The monoisotopic (exact) mass is 419 g/mol. The van der Waals surface area contributed by atoms with Gasteiger partial charge in [0.2, 0.25) is 5.91 Å². The van der Waals surface area contributed by atoms with Gasteiger partial charge in [-0.05, 0) is 20.8 Å². The van der Waals surface area contributed by atoms with E-state index in [1.807, 2.05) is 18.7 Å². The summed E-state index contributed by atoms with van der Waals surface area (Å²) in [6.45, 7) is 8.83. The second-order valence-corrected chi connectivity index (χ2v) is 8.77. The number of ether oxygens (including phenoxy) is 1. The number of aromatic nitrogens is 2. The average molecular weight is 420 g/mol. The molecule has 0 aromatic carbocycles. The second kappa shape index (κ2) is 8.21. The van der Waals surface area contributed by atoms with Crippen molar-refractivity contribution < 1.29 is 18.8 Å². The van der Waals surface area contributed by atoms with E-state index >= 15 is 0 Å². The van der Waals surface area contributed by atoms with Crippen LogP contribution in [0.4, 0.5) is 5.13 Å². The third-order valence-electron chi connectivity index (χ3n) is 5.02. The number of aryl methyl sites for hydroxylation is 1. The zero-order valence-corrected chi connectivity index (χ0v) is 17.6. The van der Waals surface area contributed by atoms with Gasteiger partial charge in [0.1, 0.15) is 5.76 Å². The number of rotatable bonds is 4. The number of hydrogen-bond acceptors (Lipinski definition) is 8. The fourth-order valence-electron chi connectivity index (χ4n) is 3.74. The van der Waals surface area contributed by atoms with Crippen LogP contribution in [0.5, 0.6) is 0 Å². The number of carbonyl (C=O) groups excluding carboxylic acids is 2. The number of fused-ring (bicyclic) bond motifs is 1. The van der Waals surface area contributed by atoms with E-state index in [2.05, 4.69) is 20.4 Å². The Labute approximate surface area is 173 Å². The molecule has 2 aromatic rings. The minimum Gasteiger partial charge on any atom is -0.372 e. The minimum absolute atomic E-state index is 0.0665. The van der Waals surface area contributed by atoms with Crippen molar-refractivity contribution in [3.63, 3.8) is 0 Å². The van der Waals surface area contributed by atoms with Gasteiger partial charge in [-0.2, -0.15) is 0 Å². The highest BCUT2D eigenvalue weighted by Gasteiger charge is 2.29. The fraction of sp³-hybridized carbons (Fsp3) is 0.579. The summed E-state index contributed by atoms with van der Waals surface area (Å²) in [6.07, 6.45) is 0.891. The van der Waals surface area contributed by atoms with Crippen LogP contribution in [0.25, 0.3) is 0 Å². The smallest absolute Gasteiger partial charge is 0.279 e. The van der Waals surface area contributed by atoms with Crippen molar-refractivity contribution in [1.82, 2.24) is 19.9 Å². The highest BCUT2D eigenvalue weighted by molar-refractivity contribution is 7.15. The molecule has 1 fully saturated rings. The lowest BCUT2D eigenvalue weighted by molar-refractivity contribution is -0.144. The van der Waals surface area contributed by atoms with Crippen molar-refractivity contribution in [3.05, 3.63) is 28.1 Å². The Bertz CT molecular complexity index is 900. The number of carbonyl (C=O) groups is 2. The second-order valence-electron chi connectivity index (χ2n) is 7.68. The first-order valence-electron chi connectivity index (χ1n) is 9.76. The average Bonchev–Trinajstić information content (AvgIpc) is 3.26. The quantitative estimate of drug-likeness (QED) is 0.805. The van der Waals surface area contributed by atoms with Gasteiger partial charge in [-0.25, -0.2) is 4.98 Å². The van der Waals surface area contributed by atoms with Crippen LogP contribution in [0.1, 0.15) is 40.7 Å². The Morgan fingerprint density at radius 3 is 2.76 bits per heavy atom. The summed E-state index contributed by atoms with van der Waals surface area (Å²) >= 11 is 1.44. The van der Waals surface area contributed by atoms with Crippen molar-refractivity contribution in [1.29, 1.82) is 0 Å². The number of morpholine rings is 1. The van der Waals surface area contributed by atoms with Gasteiger partial charge in [0.25, 0.3) is 5.91 Å². The van der Waals surface area contributed by atoms with Crippen LogP contribution in [0, 0.1) is 6.92 Å². The summed E-state index contributed by atoms with van der Waals surface area (Å²) in [5.41, 5.74) is 1.22. The zero-order chi connectivity index (χ0) is 20.5. The Hall–Kier alpha value is -2.30. The molecular weight excluding hydrogens is 394 g/mol. The Morgan fingerprint density at radius 2 is 2.07 bits per heavy atom. The molecule has 1 saturated heterocycles. The standard InChI is InChI=1S/C19H25N5O4S/c1-11-6-15(22-28-11)18(26)21-19-20-14-4-5-23(9-16(14)29-19)10-17(25)24-7-12(2)27-13(3)8-24/h6,12-13H,4-5,7-10H2,1-3H3,(H,20,21,26). The molecule has 156 valence electrons. The molecule has 4 heterocycles. The lowest BCUT2D eigenvalue weighted by atomic mass is 10.1. The highest BCUT2D eigenvalue weighted by atomic mass is 32.1. The lowest BCUT2D eigenvalue weighted by Gasteiger charge is -2.36. The Balaban J connectivity index is 1.35. The van der Waals surface area contributed by atoms with Crippen LogP contribution < -0.4 is 5.32 Å². The molecule has 0 saturated carbocycles. The predicted octanol–water partition coefficient (Wildman–Crippen LogP) is 1.69. The Morgan fingerprint density at radius 1 is 1.31 bits per heavy atom. The molecule has 2 aliphatic heterocycles. The van der Waals surface area contributed by atoms with E-state index < -0.39 is 0 Å². The van der Waals surface area contributed by atoms with Crippen molar-refractivity contribution in [2.75, 3.05) is 31.5 Å². The third kappa shape index (κ3) is 4.65. The van der Waals surface area contributed by atoms with E-state index in [0.717, 1.165) is 23.5 Å². The molecule has 2 amide bonds. The van der Waals surface area contributed by atoms with Crippen molar-refractivity contribution in [2.24, 2.45) is 0 Å². The molecule has 0 bridgehead atoms. The number of amides is 2. The summed E-state index contributed by atoms with van der Waals surface area (Å²) in [7, 11) is 0. The normalized spacial score (nSPS) is 22.4. The van der Waals surface area contributed by atoms with Gasteiger partial charge in [-0.3, -0.25) is 19.8 Å². The molecule has 0 aliphatic carbocycles. The summed E-state index contributed by atoms with van der Waals surface area (Å²) < 4.78 is 10.7. The first-order chi connectivity index (χ1) is 13.9. The maximum atomic E-state index is 12.7. The highest BCUT2D eigenvalue weighted by Crippen LogP contribution is 2.28. The van der Waals surface area contributed by atoms with Crippen molar-refractivity contribution in [3.8, 4) is 0 Å². The Kier molecular flexibility index (Phi) is 5.66. The van der Waals surface area contributed by atoms with Gasteiger partial charge in [0.15, 0.2) is 10.8 Å². The molecule has 2 atom stereocenters. The summed E-state index contributed by atoms with van der Waals surface area (Å²) in [6, 6.07) is 1.59. The van der Waals surface area contributed by atoms with Crippen LogP contribution in [0.2, 0.25) is 0 Å². The molecule has 4 rings (SSSR count). The van der Waals surface area contributed by atoms with Crippen LogP contribution in [-0.4, -0.2) is 70.1 Å². The number of nitrogens with zero attached hydrogens (tertiary/aromatic N) is 4. The predicted molar refractivity (Wildman–Crippen MR) is 107 cm³/mol. The maximum absolute atomic E-state index is 12.7. The van der Waals surface area contributed by atoms with Crippen molar-refractivity contribution >= 4 is 28.3 Å². The number of anilines is 1. The van der Waals surface area contributed by atoms with E-state index in [4.69, 9.17) is 9.26 Å². The molecular formula is C19H25N5O4S. The van der Waals surface area contributed by atoms with Gasteiger partial charge < -0.3 is 14.2 Å². The summed E-state index contributed by atoms with van der Waals surface area (Å²) in [5.74, 6) is 0.378. The minimum atomic E-state index is -0.337. The largest absolute Gasteiger partial charge is 0.372 e. The maximum Gasteiger partial charge on any atom is 0.279 e. The molecule has 2 aromatic heterocycles. The SMILES string of the molecule is Cc1cc(C(=O)Nc2nc3c(s2)CN(CC(=O)N2CC(C)OC(C)C2)CC3)no1. The molecule has 10 heteroatoms. The topological polar surface area (TPSA) is 101 Å². The molecule has 0 spiro atoms. The molecule has 2 unspecified atom stereocenters. The van der Waals surface area contributed by atoms with Gasteiger partial charge in [0.05, 0.1) is 24.4 Å². The van der Waals surface area contributed by atoms with E-state index in [-0.39, 0.29) is 29.7 Å². The van der Waals surface area contributed by atoms with Crippen LogP contribution in [0.15, 0.2) is 10.6 Å². The third-order valence-corrected chi connectivity index (χ3v) is 6.02. The number of thiazole rings is 1. The van der Waals surface area contributed by atoms with Crippen molar-refractivity contribution in [2.45, 2.75) is 45.9 Å². The molecule has 2 aliphatic rings. The van der Waals surface area contributed by atoms with Gasteiger partial charge in [0, 0.05) is 43.5 Å². The first-order valence-corrected chi connectivity index (χ1v) is 10.6. The molecule has 1 N–H and O–H groups in total. The molecule has 29 heavy (non-hydrogen) atoms. The van der Waals surface area contributed by atoms with Crippen LogP contribution in [-0.2, 0) is 22.5 Å². The fourth-order valence-corrected chi connectivity index (χ4v) is 4.79. The summed E-state index contributed by atoms with van der Waals surface area (Å²) in [5, 5.41) is 7.05. The van der Waals surface area contributed by atoms with Gasteiger partial charge in [-0.15, -0.1) is 11.3 Å². The first kappa shape index (κ1) is 20.0. The van der Waals surface area contributed by atoms with Crippen LogP contribution in [0.3, 0.4) is 0 Å².